The van der Waals surface area contributed by atoms with Crippen LogP contribution in [-0.4, -0.2) is 31.7 Å². The number of sulfone groups is 1. The van der Waals surface area contributed by atoms with Crippen molar-refractivity contribution in [3.63, 3.8) is 0 Å². The van der Waals surface area contributed by atoms with Crippen molar-refractivity contribution in [1.29, 1.82) is 0 Å². The van der Waals surface area contributed by atoms with Crippen LogP contribution >= 0.6 is 27.7 Å². The molecule has 0 unspecified atom stereocenters. The number of benzene rings is 1. The molecule has 0 bridgehead atoms. The maximum atomic E-state index is 11.4. The first kappa shape index (κ1) is 15.3. The molecule has 1 aromatic heterocycles. The minimum absolute atomic E-state index is 0.305. The quantitative estimate of drug-likeness (QED) is 0.830. The van der Waals surface area contributed by atoms with Gasteiger partial charge in [-0.2, -0.15) is 0 Å². The fourth-order valence-corrected chi connectivity index (χ4v) is 3.52. The average Bonchev–Trinajstić information content (AvgIpc) is 2.41. The smallest absolute Gasteiger partial charge is 0.175 e. The molecule has 1 N–H and O–H groups in total. The Hall–Kier alpha value is -1.12. The lowest BCUT2D eigenvalue weighted by atomic mass is 10.4. The van der Waals surface area contributed by atoms with Crippen LogP contribution < -0.4 is 5.32 Å². The largest absolute Gasteiger partial charge is 0.372 e. The maximum absolute atomic E-state index is 11.4. The van der Waals surface area contributed by atoms with E-state index in [0.717, 1.165) is 14.4 Å². The summed E-state index contributed by atoms with van der Waals surface area (Å²) in [5, 5.41) is 3.72. The topological polar surface area (TPSA) is 72.0 Å². The highest BCUT2D eigenvalue weighted by atomic mass is 79.9. The van der Waals surface area contributed by atoms with Crippen molar-refractivity contribution in [3.05, 3.63) is 35.1 Å². The Balaban J connectivity index is 2.27. The zero-order valence-electron chi connectivity index (χ0n) is 10.8. The van der Waals surface area contributed by atoms with Gasteiger partial charge in [0.15, 0.2) is 9.84 Å². The highest BCUT2D eigenvalue weighted by molar-refractivity contribution is 9.10. The fraction of sp³-hybridized carbons (Fsp3) is 0.167. The molecule has 2 aromatic rings. The van der Waals surface area contributed by atoms with Crippen LogP contribution in [0.3, 0.4) is 0 Å². The number of anilines is 1. The molecule has 0 amide bonds. The van der Waals surface area contributed by atoms with E-state index in [-0.39, 0.29) is 0 Å². The Bertz CT molecular complexity index is 718. The van der Waals surface area contributed by atoms with Crippen LogP contribution in [0.25, 0.3) is 0 Å². The van der Waals surface area contributed by atoms with E-state index in [1.807, 2.05) is 0 Å². The van der Waals surface area contributed by atoms with Gasteiger partial charge in [-0.1, -0.05) is 11.8 Å². The van der Waals surface area contributed by atoms with Gasteiger partial charge in [-0.05, 0) is 40.2 Å². The summed E-state index contributed by atoms with van der Waals surface area (Å²) in [7, 11) is -1.39. The summed E-state index contributed by atoms with van der Waals surface area (Å²) in [5.74, 6) is 0.704. The van der Waals surface area contributed by atoms with Crippen molar-refractivity contribution in [2.45, 2.75) is 14.8 Å². The van der Waals surface area contributed by atoms with E-state index in [2.05, 4.69) is 31.2 Å². The predicted molar refractivity (Wildman–Crippen MR) is 83.0 cm³/mol. The summed E-state index contributed by atoms with van der Waals surface area (Å²) in [5.41, 5.74) is 0. The van der Waals surface area contributed by atoms with Gasteiger partial charge < -0.3 is 5.32 Å². The van der Waals surface area contributed by atoms with Crippen LogP contribution in [0.1, 0.15) is 0 Å². The second-order valence-corrected chi connectivity index (χ2v) is 7.81. The Morgan fingerprint density at radius 3 is 2.40 bits per heavy atom. The van der Waals surface area contributed by atoms with Crippen molar-refractivity contribution < 1.29 is 8.42 Å². The minimum atomic E-state index is -3.17. The molecular formula is C12H12BrN3O2S2. The third-order valence-corrected chi connectivity index (χ3v) is 5.61. The highest BCUT2D eigenvalue weighted by Crippen LogP contribution is 2.34. The van der Waals surface area contributed by atoms with Crippen LogP contribution in [-0.2, 0) is 9.84 Å². The van der Waals surface area contributed by atoms with Crippen molar-refractivity contribution >= 4 is 43.3 Å². The molecular weight excluding hydrogens is 362 g/mol. The second kappa shape index (κ2) is 6.11. The number of hydrogen-bond donors (Lipinski definition) is 1. The molecule has 0 saturated heterocycles. The average molecular weight is 374 g/mol. The standard InChI is InChI=1S/C12H12BrN3O2S2/c1-14-11-10(13)12(16-7-15-11)19-8-3-5-9(6-4-8)20(2,17)18/h3-7H,1-2H3,(H,14,15,16). The van der Waals surface area contributed by atoms with Crippen LogP contribution in [0, 0.1) is 0 Å². The number of halogens is 1. The van der Waals surface area contributed by atoms with Gasteiger partial charge in [-0.25, -0.2) is 18.4 Å². The Labute approximate surface area is 130 Å². The number of rotatable bonds is 4. The second-order valence-electron chi connectivity index (χ2n) is 3.94. The van der Waals surface area contributed by atoms with Crippen LogP contribution in [0.4, 0.5) is 5.82 Å². The van der Waals surface area contributed by atoms with Crippen molar-refractivity contribution in [2.75, 3.05) is 18.6 Å². The van der Waals surface area contributed by atoms with Gasteiger partial charge in [0.2, 0.25) is 0 Å². The van der Waals surface area contributed by atoms with Crippen LogP contribution in [0.15, 0.2) is 49.9 Å². The lowest BCUT2D eigenvalue weighted by molar-refractivity contribution is 0.602. The lowest BCUT2D eigenvalue weighted by Gasteiger charge is -2.07. The molecule has 20 heavy (non-hydrogen) atoms. The molecule has 1 aromatic carbocycles. The van der Waals surface area contributed by atoms with Gasteiger partial charge >= 0.3 is 0 Å². The van der Waals surface area contributed by atoms with Crippen molar-refractivity contribution in [1.82, 2.24) is 9.97 Å². The van der Waals surface area contributed by atoms with Crippen molar-refractivity contribution in [2.24, 2.45) is 0 Å². The third-order valence-electron chi connectivity index (χ3n) is 2.46. The highest BCUT2D eigenvalue weighted by Gasteiger charge is 2.10. The summed E-state index contributed by atoms with van der Waals surface area (Å²) in [6.07, 6.45) is 2.67. The molecule has 2 rings (SSSR count). The monoisotopic (exact) mass is 373 g/mol. The summed E-state index contributed by atoms with van der Waals surface area (Å²) in [4.78, 5) is 9.49. The lowest BCUT2D eigenvalue weighted by Crippen LogP contribution is -1.97. The zero-order valence-corrected chi connectivity index (χ0v) is 14.0. The molecule has 106 valence electrons. The van der Waals surface area contributed by atoms with Gasteiger partial charge in [-0.15, -0.1) is 0 Å². The molecule has 0 aliphatic rings. The molecule has 0 aliphatic carbocycles. The normalized spacial score (nSPS) is 11.3. The van der Waals surface area contributed by atoms with E-state index in [4.69, 9.17) is 0 Å². The SMILES string of the molecule is CNc1ncnc(Sc2ccc(S(C)(=O)=O)cc2)c1Br. The van der Waals surface area contributed by atoms with Gasteiger partial charge in [0, 0.05) is 18.2 Å². The van der Waals surface area contributed by atoms with Crippen LogP contribution in [0.2, 0.25) is 0 Å². The fourth-order valence-electron chi connectivity index (χ4n) is 1.47. The van der Waals surface area contributed by atoms with Gasteiger partial charge in [-0.3, -0.25) is 0 Å². The third kappa shape index (κ3) is 3.50. The Morgan fingerprint density at radius 2 is 1.85 bits per heavy atom. The number of hydrogen-bond acceptors (Lipinski definition) is 6. The van der Waals surface area contributed by atoms with E-state index in [1.54, 1.807) is 31.3 Å². The zero-order chi connectivity index (χ0) is 14.8. The first-order chi connectivity index (χ1) is 9.41. The molecule has 0 atom stereocenters. The van der Waals surface area contributed by atoms with E-state index < -0.39 is 9.84 Å². The number of nitrogens with zero attached hydrogens (tertiary/aromatic N) is 2. The number of aromatic nitrogens is 2. The minimum Gasteiger partial charge on any atom is -0.372 e. The number of nitrogens with one attached hydrogen (secondary N) is 1. The van der Waals surface area contributed by atoms with Gasteiger partial charge in [0.05, 0.1) is 9.37 Å². The Morgan fingerprint density at radius 1 is 1.20 bits per heavy atom. The van der Waals surface area contributed by atoms with E-state index >= 15 is 0 Å². The summed E-state index contributed by atoms with van der Waals surface area (Å²) >= 11 is 4.87. The summed E-state index contributed by atoms with van der Waals surface area (Å²) in [6, 6.07) is 6.70. The molecule has 5 nitrogen and oxygen atoms in total. The molecule has 1 heterocycles. The van der Waals surface area contributed by atoms with Gasteiger partial charge in [0.1, 0.15) is 17.2 Å². The molecule has 0 radical (unpaired) electrons. The molecule has 0 fully saturated rings. The first-order valence-corrected chi connectivity index (χ1v) is 9.08. The van der Waals surface area contributed by atoms with E-state index in [9.17, 15) is 8.42 Å². The van der Waals surface area contributed by atoms with E-state index in [0.29, 0.717) is 10.7 Å². The van der Waals surface area contributed by atoms with E-state index in [1.165, 1.54) is 24.3 Å². The molecule has 0 aliphatic heterocycles. The predicted octanol–water partition coefficient (Wildman–Crippen LogP) is 2.84. The molecule has 0 saturated carbocycles. The van der Waals surface area contributed by atoms with Crippen molar-refractivity contribution in [3.8, 4) is 0 Å². The summed E-state index contributed by atoms with van der Waals surface area (Å²) < 4.78 is 23.6. The first-order valence-electron chi connectivity index (χ1n) is 5.58. The molecule has 0 spiro atoms. The van der Waals surface area contributed by atoms with Crippen LogP contribution in [0.5, 0.6) is 0 Å². The summed E-state index contributed by atoms with van der Waals surface area (Å²) in [6.45, 7) is 0. The Kier molecular flexibility index (Phi) is 4.66. The molecule has 8 heteroatoms. The van der Waals surface area contributed by atoms with Gasteiger partial charge in [0.25, 0.3) is 0 Å². The maximum Gasteiger partial charge on any atom is 0.175 e.